The summed E-state index contributed by atoms with van der Waals surface area (Å²) in [4.78, 5) is 26.2. The van der Waals surface area contributed by atoms with Gasteiger partial charge in [-0.3, -0.25) is 9.69 Å². The summed E-state index contributed by atoms with van der Waals surface area (Å²) in [5.74, 6) is -0.920. The van der Waals surface area contributed by atoms with Gasteiger partial charge in [-0.1, -0.05) is 6.92 Å². The Morgan fingerprint density at radius 1 is 1.26 bits per heavy atom. The molecule has 0 aromatic heterocycles. The molecule has 3 N–H and O–H groups in total. The lowest BCUT2D eigenvalue weighted by Crippen LogP contribution is -2.52. The van der Waals surface area contributed by atoms with Crippen molar-refractivity contribution in [3.05, 3.63) is 0 Å². The number of piperazine rings is 1. The molecule has 2 amide bonds. The van der Waals surface area contributed by atoms with E-state index in [4.69, 9.17) is 10.2 Å². The van der Waals surface area contributed by atoms with E-state index in [0.717, 1.165) is 13.1 Å². The number of aliphatic carboxylic acids is 1. The van der Waals surface area contributed by atoms with Gasteiger partial charge in [-0.05, 0) is 5.92 Å². The van der Waals surface area contributed by atoms with Gasteiger partial charge in [0.2, 0.25) is 0 Å². The molecule has 0 bridgehead atoms. The van der Waals surface area contributed by atoms with Crippen LogP contribution >= 0.6 is 0 Å². The van der Waals surface area contributed by atoms with Crippen molar-refractivity contribution in [2.45, 2.75) is 13.3 Å². The van der Waals surface area contributed by atoms with E-state index < -0.39 is 5.97 Å². The van der Waals surface area contributed by atoms with Crippen LogP contribution in [0.2, 0.25) is 0 Å². The van der Waals surface area contributed by atoms with Gasteiger partial charge < -0.3 is 20.4 Å². The fraction of sp³-hybridized carbons (Fsp3) is 0.833. The number of aliphatic hydroxyl groups is 1. The number of amides is 2. The molecule has 0 aromatic carbocycles. The molecule has 1 atom stereocenters. The van der Waals surface area contributed by atoms with Gasteiger partial charge in [0.15, 0.2) is 0 Å². The molecule has 1 heterocycles. The van der Waals surface area contributed by atoms with Crippen molar-refractivity contribution in [2.75, 3.05) is 45.9 Å². The minimum absolute atomic E-state index is 0.0601. The normalized spacial score (nSPS) is 18.1. The SMILES string of the molecule is CC(CNC(=O)N1CCN(CCO)CC1)CC(=O)O. The third-order valence-electron chi connectivity index (χ3n) is 3.20. The zero-order chi connectivity index (χ0) is 14.3. The van der Waals surface area contributed by atoms with Gasteiger partial charge in [0.1, 0.15) is 0 Å². The molecule has 1 aliphatic rings. The third kappa shape index (κ3) is 5.89. The average molecular weight is 273 g/mol. The Kier molecular flexibility index (Phi) is 6.58. The van der Waals surface area contributed by atoms with Crippen LogP contribution in [0.3, 0.4) is 0 Å². The van der Waals surface area contributed by atoms with E-state index in [1.54, 1.807) is 11.8 Å². The Morgan fingerprint density at radius 2 is 1.89 bits per heavy atom. The maximum Gasteiger partial charge on any atom is 0.317 e. The Bertz CT molecular complexity index is 303. The molecule has 7 nitrogen and oxygen atoms in total. The number of urea groups is 1. The molecule has 0 saturated carbocycles. The standard InChI is InChI=1S/C12H23N3O4/c1-10(8-11(17)18)9-13-12(19)15-4-2-14(3-5-15)6-7-16/h10,16H,2-9H2,1H3,(H,13,19)(H,17,18). The lowest BCUT2D eigenvalue weighted by molar-refractivity contribution is -0.137. The molecule has 1 saturated heterocycles. The highest BCUT2D eigenvalue weighted by Crippen LogP contribution is 2.03. The number of rotatable bonds is 6. The zero-order valence-electron chi connectivity index (χ0n) is 11.3. The van der Waals surface area contributed by atoms with Crippen LogP contribution in [-0.2, 0) is 4.79 Å². The van der Waals surface area contributed by atoms with Crippen LogP contribution < -0.4 is 5.32 Å². The van der Waals surface area contributed by atoms with E-state index in [9.17, 15) is 9.59 Å². The van der Waals surface area contributed by atoms with Gasteiger partial charge in [-0.15, -0.1) is 0 Å². The fourth-order valence-corrected chi connectivity index (χ4v) is 2.06. The van der Waals surface area contributed by atoms with Crippen LogP contribution in [0.4, 0.5) is 4.79 Å². The van der Waals surface area contributed by atoms with Gasteiger partial charge in [-0.2, -0.15) is 0 Å². The van der Waals surface area contributed by atoms with Gasteiger partial charge in [-0.25, -0.2) is 4.79 Å². The highest BCUT2D eigenvalue weighted by molar-refractivity contribution is 5.74. The van der Waals surface area contributed by atoms with Crippen LogP contribution in [-0.4, -0.2) is 77.9 Å². The summed E-state index contributed by atoms with van der Waals surface area (Å²) in [6.45, 7) is 5.76. The largest absolute Gasteiger partial charge is 0.481 e. The summed E-state index contributed by atoms with van der Waals surface area (Å²) >= 11 is 0. The van der Waals surface area contributed by atoms with Crippen LogP contribution in [0.25, 0.3) is 0 Å². The number of hydrogen-bond donors (Lipinski definition) is 3. The van der Waals surface area contributed by atoms with Crippen molar-refractivity contribution in [1.82, 2.24) is 15.1 Å². The topological polar surface area (TPSA) is 93.1 Å². The van der Waals surface area contributed by atoms with E-state index in [1.807, 2.05) is 0 Å². The fourth-order valence-electron chi connectivity index (χ4n) is 2.06. The number of aliphatic hydroxyl groups excluding tert-OH is 1. The van der Waals surface area contributed by atoms with Gasteiger partial charge in [0, 0.05) is 45.7 Å². The molecule has 1 rings (SSSR count). The summed E-state index contributed by atoms with van der Waals surface area (Å²) in [6, 6.07) is -0.138. The number of hydrogen-bond acceptors (Lipinski definition) is 4. The number of β-amino-alcohol motifs (C(OH)–C–C–N with tert-alkyl or cyclic N) is 1. The molecule has 1 fully saturated rings. The number of carbonyl (C=O) groups is 2. The van der Waals surface area contributed by atoms with Crippen molar-refractivity contribution >= 4 is 12.0 Å². The average Bonchev–Trinajstić information content (AvgIpc) is 2.36. The summed E-state index contributed by atoms with van der Waals surface area (Å²) in [5, 5.41) is 20.2. The zero-order valence-corrected chi connectivity index (χ0v) is 11.3. The Labute approximate surface area is 113 Å². The second-order valence-electron chi connectivity index (χ2n) is 4.94. The molecular formula is C12H23N3O4. The van der Waals surface area contributed by atoms with E-state index in [2.05, 4.69) is 10.2 Å². The maximum absolute atomic E-state index is 11.9. The lowest BCUT2D eigenvalue weighted by Gasteiger charge is -2.34. The predicted molar refractivity (Wildman–Crippen MR) is 69.9 cm³/mol. The summed E-state index contributed by atoms with van der Waals surface area (Å²) in [7, 11) is 0. The van der Waals surface area contributed by atoms with Gasteiger partial charge >= 0.3 is 12.0 Å². The molecule has 0 aliphatic carbocycles. The molecule has 1 aliphatic heterocycles. The second kappa shape index (κ2) is 7.96. The molecule has 110 valence electrons. The van der Waals surface area contributed by atoms with E-state index in [0.29, 0.717) is 26.2 Å². The quantitative estimate of drug-likeness (QED) is 0.602. The Morgan fingerprint density at radius 3 is 2.42 bits per heavy atom. The number of carboxylic acid groups (broad SMARTS) is 1. The van der Waals surface area contributed by atoms with Crippen molar-refractivity contribution in [2.24, 2.45) is 5.92 Å². The smallest absolute Gasteiger partial charge is 0.317 e. The first-order valence-electron chi connectivity index (χ1n) is 6.60. The van der Waals surface area contributed by atoms with E-state index >= 15 is 0 Å². The first-order chi connectivity index (χ1) is 9.02. The van der Waals surface area contributed by atoms with Crippen molar-refractivity contribution in [1.29, 1.82) is 0 Å². The minimum Gasteiger partial charge on any atom is -0.481 e. The molecule has 7 heteroatoms. The molecule has 19 heavy (non-hydrogen) atoms. The van der Waals surface area contributed by atoms with Crippen LogP contribution in [0.15, 0.2) is 0 Å². The number of carbonyl (C=O) groups excluding carboxylic acids is 1. The maximum atomic E-state index is 11.9. The summed E-state index contributed by atoms with van der Waals surface area (Å²) in [5.41, 5.74) is 0. The van der Waals surface area contributed by atoms with E-state index in [-0.39, 0.29) is 25.0 Å². The van der Waals surface area contributed by atoms with Crippen molar-refractivity contribution in [3.63, 3.8) is 0 Å². The monoisotopic (exact) mass is 273 g/mol. The molecule has 0 aromatic rings. The number of nitrogens with one attached hydrogen (secondary N) is 1. The molecular weight excluding hydrogens is 250 g/mol. The first-order valence-corrected chi connectivity index (χ1v) is 6.60. The lowest BCUT2D eigenvalue weighted by atomic mass is 10.1. The summed E-state index contributed by atoms with van der Waals surface area (Å²) in [6.07, 6.45) is 0.0601. The van der Waals surface area contributed by atoms with Crippen LogP contribution in [0, 0.1) is 5.92 Å². The highest BCUT2D eigenvalue weighted by atomic mass is 16.4. The van der Waals surface area contributed by atoms with Crippen molar-refractivity contribution in [3.8, 4) is 0 Å². The predicted octanol–water partition coefficient (Wildman–Crippen LogP) is -0.583. The highest BCUT2D eigenvalue weighted by Gasteiger charge is 2.20. The first kappa shape index (κ1) is 15.7. The Balaban J connectivity index is 2.22. The van der Waals surface area contributed by atoms with Crippen LogP contribution in [0.5, 0.6) is 0 Å². The van der Waals surface area contributed by atoms with Gasteiger partial charge in [0.25, 0.3) is 0 Å². The summed E-state index contributed by atoms with van der Waals surface area (Å²) < 4.78 is 0. The Hall–Kier alpha value is -1.34. The molecule has 1 unspecified atom stereocenters. The van der Waals surface area contributed by atoms with Crippen LogP contribution in [0.1, 0.15) is 13.3 Å². The number of carboxylic acids is 1. The minimum atomic E-state index is -0.848. The van der Waals surface area contributed by atoms with E-state index in [1.165, 1.54) is 0 Å². The molecule has 0 spiro atoms. The third-order valence-corrected chi connectivity index (χ3v) is 3.20. The molecule has 0 radical (unpaired) electrons. The van der Waals surface area contributed by atoms with Crippen molar-refractivity contribution < 1.29 is 19.8 Å². The second-order valence-corrected chi connectivity index (χ2v) is 4.94. The van der Waals surface area contributed by atoms with Gasteiger partial charge in [0.05, 0.1) is 6.61 Å². The number of nitrogens with zero attached hydrogens (tertiary/aromatic N) is 2.